The van der Waals surface area contributed by atoms with Gasteiger partial charge in [-0.15, -0.1) is 5.10 Å². The van der Waals surface area contributed by atoms with Gasteiger partial charge in [0.1, 0.15) is 11.5 Å². The van der Waals surface area contributed by atoms with Crippen LogP contribution < -0.4 is 9.50 Å². The molecular weight excluding hydrogens is 549 g/mol. The quantitative estimate of drug-likeness (QED) is 0.156. The second kappa shape index (κ2) is 12.4. The van der Waals surface area contributed by atoms with E-state index in [4.69, 9.17) is 9.59 Å². The molecule has 0 bridgehead atoms. The number of aryl methyl sites for hydroxylation is 2. The Morgan fingerprint density at radius 2 is 2.05 bits per heavy atom. The number of hydrogen-bond acceptors (Lipinski definition) is 9. The molecule has 2 aliphatic rings. The van der Waals surface area contributed by atoms with Gasteiger partial charge in [-0.2, -0.15) is 17.9 Å². The SMILES string of the molecule is Cc1ccnc(C(=O)C23CC(C=N)=C(Nc4ccc(F)cc4)C=C2CCN(N(C)SOc2ccn(C)n2)C3)c1.S. The van der Waals surface area contributed by atoms with E-state index in [0.29, 0.717) is 48.8 Å². The molecule has 2 aromatic heterocycles. The average molecular weight is 582 g/mol. The molecule has 1 saturated heterocycles. The van der Waals surface area contributed by atoms with Gasteiger partial charge in [-0.1, -0.05) is 5.57 Å². The summed E-state index contributed by atoms with van der Waals surface area (Å²) in [5.74, 6) is 0.0942. The van der Waals surface area contributed by atoms with Crippen LogP contribution in [0.5, 0.6) is 5.88 Å². The Morgan fingerprint density at radius 3 is 2.73 bits per heavy atom. The molecule has 2 N–H and O–H groups in total. The summed E-state index contributed by atoms with van der Waals surface area (Å²) >= 11 is 1.14. The van der Waals surface area contributed by atoms with Crippen molar-refractivity contribution in [2.24, 2.45) is 12.5 Å². The molecule has 12 heteroatoms. The molecule has 40 heavy (non-hydrogen) atoms. The van der Waals surface area contributed by atoms with Gasteiger partial charge < -0.3 is 14.9 Å². The van der Waals surface area contributed by atoms with Gasteiger partial charge in [-0.05, 0) is 73.4 Å². The van der Waals surface area contributed by atoms with Crippen molar-refractivity contribution in [3.8, 4) is 5.88 Å². The number of benzene rings is 1. The van der Waals surface area contributed by atoms with Gasteiger partial charge in [0.05, 0.1) is 5.41 Å². The molecule has 1 atom stereocenters. The number of carbonyl (C=O) groups is 1. The number of piperidine rings is 1. The van der Waals surface area contributed by atoms with Gasteiger partial charge in [-0.3, -0.25) is 14.5 Å². The second-order valence-electron chi connectivity index (χ2n) is 9.78. The van der Waals surface area contributed by atoms with Crippen LogP contribution in [0.3, 0.4) is 0 Å². The van der Waals surface area contributed by atoms with Crippen molar-refractivity contribution in [2.45, 2.75) is 19.8 Å². The van der Waals surface area contributed by atoms with Crippen molar-refractivity contribution in [3.05, 3.63) is 94.9 Å². The first-order valence-electron chi connectivity index (χ1n) is 12.5. The monoisotopic (exact) mass is 581 g/mol. The molecule has 0 radical (unpaired) electrons. The normalized spacial score (nSPS) is 19.0. The molecule has 1 unspecified atom stereocenters. The molecule has 210 valence electrons. The third kappa shape index (κ3) is 6.15. The highest BCUT2D eigenvalue weighted by Crippen LogP contribution is 2.47. The predicted molar refractivity (Wildman–Crippen MR) is 160 cm³/mol. The Bertz CT molecular complexity index is 1460. The number of allylic oxidation sites excluding steroid dienone is 2. The number of carbonyl (C=O) groups excluding carboxylic acids is 1. The van der Waals surface area contributed by atoms with Crippen LogP contribution in [0.15, 0.2) is 77.8 Å². The maximum absolute atomic E-state index is 14.3. The van der Waals surface area contributed by atoms with Crippen molar-refractivity contribution in [1.82, 2.24) is 24.2 Å². The number of nitrogens with zero attached hydrogens (tertiary/aromatic N) is 5. The Labute approximate surface area is 244 Å². The van der Waals surface area contributed by atoms with Crippen LogP contribution in [0.4, 0.5) is 10.1 Å². The van der Waals surface area contributed by atoms with Crippen molar-refractivity contribution >= 4 is 43.4 Å². The Morgan fingerprint density at radius 1 is 1.27 bits per heavy atom. The number of anilines is 1. The van der Waals surface area contributed by atoms with E-state index in [9.17, 15) is 9.18 Å². The highest BCUT2D eigenvalue weighted by atomic mass is 32.2. The lowest BCUT2D eigenvalue weighted by Gasteiger charge is -2.47. The zero-order valence-corrected chi connectivity index (χ0v) is 24.3. The molecule has 1 fully saturated rings. The lowest BCUT2D eigenvalue weighted by molar-refractivity contribution is 0.0223. The van der Waals surface area contributed by atoms with Crippen LogP contribution in [-0.2, 0) is 7.05 Å². The zero-order valence-electron chi connectivity index (χ0n) is 22.5. The van der Waals surface area contributed by atoms with E-state index in [1.807, 2.05) is 43.6 Å². The van der Waals surface area contributed by atoms with E-state index >= 15 is 0 Å². The lowest BCUT2D eigenvalue weighted by Crippen LogP contribution is -2.54. The fourth-order valence-electron chi connectivity index (χ4n) is 5.00. The van der Waals surface area contributed by atoms with Crippen LogP contribution >= 0.6 is 25.7 Å². The first kappa shape index (κ1) is 29.5. The summed E-state index contributed by atoms with van der Waals surface area (Å²) in [5.41, 5.74) is 3.56. The van der Waals surface area contributed by atoms with Crippen molar-refractivity contribution in [1.29, 1.82) is 5.41 Å². The van der Waals surface area contributed by atoms with Crippen LogP contribution in [0, 0.1) is 23.6 Å². The molecule has 0 spiro atoms. The number of pyridine rings is 1. The summed E-state index contributed by atoms with van der Waals surface area (Å²) in [6.07, 6.45) is 7.70. The summed E-state index contributed by atoms with van der Waals surface area (Å²) in [4.78, 5) is 18.7. The van der Waals surface area contributed by atoms with E-state index in [-0.39, 0.29) is 25.1 Å². The first-order chi connectivity index (χ1) is 18.8. The van der Waals surface area contributed by atoms with Crippen molar-refractivity contribution in [2.75, 3.05) is 25.5 Å². The number of halogens is 1. The molecule has 1 aliphatic heterocycles. The van der Waals surface area contributed by atoms with Gasteiger partial charge in [0.2, 0.25) is 5.88 Å². The fourth-order valence-corrected chi connectivity index (χ4v) is 5.51. The average Bonchev–Trinajstić information content (AvgIpc) is 3.36. The number of fused-ring (bicyclic) bond motifs is 1. The number of hydrogen-bond donors (Lipinski definition) is 2. The van der Waals surface area contributed by atoms with Crippen LogP contribution in [0.2, 0.25) is 0 Å². The van der Waals surface area contributed by atoms with Gasteiger partial charge in [-0.25, -0.2) is 9.40 Å². The first-order valence-corrected chi connectivity index (χ1v) is 13.2. The Kier molecular flexibility index (Phi) is 9.14. The minimum atomic E-state index is -0.917. The summed E-state index contributed by atoms with van der Waals surface area (Å²) < 4.78 is 22.8. The molecule has 9 nitrogen and oxygen atoms in total. The van der Waals surface area contributed by atoms with E-state index < -0.39 is 5.41 Å². The highest BCUT2D eigenvalue weighted by Gasteiger charge is 2.49. The molecule has 3 heterocycles. The zero-order chi connectivity index (χ0) is 27.6. The highest BCUT2D eigenvalue weighted by molar-refractivity contribution is 7.92. The Hall–Kier alpha value is -3.45. The predicted octanol–water partition coefficient (Wildman–Crippen LogP) is 5.09. The van der Waals surface area contributed by atoms with Gasteiger partial charge in [0, 0.05) is 63.2 Å². The number of rotatable bonds is 9. The topological polar surface area (TPSA) is 99.4 Å². The van der Waals surface area contributed by atoms with E-state index in [0.717, 1.165) is 29.1 Å². The third-order valence-electron chi connectivity index (χ3n) is 7.06. The largest absolute Gasteiger partial charge is 0.387 e. The molecule has 1 aliphatic carbocycles. The number of ketones is 1. The lowest BCUT2D eigenvalue weighted by atomic mass is 9.65. The van der Waals surface area contributed by atoms with E-state index in [1.54, 1.807) is 35.3 Å². The van der Waals surface area contributed by atoms with Gasteiger partial charge in [0.25, 0.3) is 0 Å². The minimum Gasteiger partial charge on any atom is -0.387 e. The molecule has 0 saturated carbocycles. The number of aromatic nitrogens is 3. The van der Waals surface area contributed by atoms with Crippen LogP contribution in [-0.4, -0.2) is 56.3 Å². The number of hydrazine groups is 1. The summed E-state index contributed by atoms with van der Waals surface area (Å²) in [6.45, 7) is 3.00. The second-order valence-corrected chi connectivity index (χ2v) is 10.6. The summed E-state index contributed by atoms with van der Waals surface area (Å²) in [5, 5.41) is 17.9. The van der Waals surface area contributed by atoms with Gasteiger partial charge in [0.15, 0.2) is 18.0 Å². The number of Topliss-reactive ketones (excluding diaryl/α,β-unsaturated/α-hetero) is 1. The smallest absolute Gasteiger partial charge is 0.248 e. The molecule has 0 amide bonds. The van der Waals surface area contributed by atoms with E-state index in [1.165, 1.54) is 18.3 Å². The summed E-state index contributed by atoms with van der Waals surface area (Å²) in [7, 11) is 3.72. The van der Waals surface area contributed by atoms with E-state index in [2.05, 4.69) is 20.4 Å². The standard InChI is InChI=1S/C28H30FN7O2S.H2S/c1-19-8-11-31-25(14-19)27(37)28-16-20(17-30)24(32-23-6-4-22(29)5-7-23)15-21(28)9-13-36(18-28)35(3)39-38-26-10-12-34(2)33-26;/h4-8,10-12,14-15,17,30,32H,9,13,16,18H2,1-3H3;1H2. The van der Waals surface area contributed by atoms with Crippen molar-refractivity contribution in [3.63, 3.8) is 0 Å². The maximum Gasteiger partial charge on any atom is 0.248 e. The molecule has 1 aromatic carbocycles. The summed E-state index contributed by atoms with van der Waals surface area (Å²) in [6, 6.07) is 11.6. The van der Waals surface area contributed by atoms with Crippen LogP contribution in [0.1, 0.15) is 28.9 Å². The number of nitrogens with one attached hydrogen (secondary N) is 2. The molecule has 3 aromatic rings. The Balaban J connectivity index is 0.00000370. The minimum absolute atomic E-state index is 0. The molecule has 5 rings (SSSR count). The molecular formula is C28H32FN7O2S2. The van der Waals surface area contributed by atoms with Crippen LogP contribution in [0.25, 0.3) is 0 Å². The third-order valence-corrected chi connectivity index (χ3v) is 7.75. The van der Waals surface area contributed by atoms with Crippen molar-refractivity contribution < 1.29 is 13.4 Å². The van der Waals surface area contributed by atoms with Gasteiger partial charge >= 0.3 is 0 Å². The fraction of sp³-hybridized carbons (Fsp3) is 0.286. The maximum atomic E-state index is 14.3.